The molecule has 3 aromatic carbocycles. The number of nitrogens with zero attached hydrogens (tertiary/aromatic N) is 2. The Morgan fingerprint density at radius 3 is 2.45 bits per heavy atom. The summed E-state index contributed by atoms with van der Waals surface area (Å²) in [6.07, 6.45) is -0.209. The molecule has 0 saturated carbocycles. The van der Waals surface area contributed by atoms with Crippen molar-refractivity contribution in [3.63, 3.8) is 0 Å². The lowest BCUT2D eigenvalue weighted by molar-refractivity contribution is -0.00670. The van der Waals surface area contributed by atoms with Crippen LogP contribution in [0, 0.1) is 5.82 Å². The highest BCUT2D eigenvalue weighted by molar-refractivity contribution is 6.01. The number of ether oxygens (including phenoxy) is 1. The highest BCUT2D eigenvalue weighted by Crippen LogP contribution is 2.19. The van der Waals surface area contributed by atoms with E-state index in [0.29, 0.717) is 38.2 Å². The van der Waals surface area contributed by atoms with Gasteiger partial charge in [0.1, 0.15) is 11.9 Å². The highest BCUT2D eigenvalue weighted by atomic mass is 19.1. The molecule has 0 unspecified atom stereocenters. The summed E-state index contributed by atoms with van der Waals surface area (Å²) in [6.45, 7) is 1.85. The molecule has 0 aromatic heterocycles. The average molecular weight is 449 g/mol. The Morgan fingerprint density at radius 2 is 1.70 bits per heavy atom. The summed E-state index contributed by atoms with van der Waals surface area (Å²) in [5, 5.41) is 14.9. The second-order valence-corrected chi connectivity index (χ2v) is 8.28. The smallest absolute Gasteiger partial charge is 0.145 e. The fourth-order valence-electron chi connectivity index (χ4n) is 3.92. The van der Waals surface area contributed by atoms with Gasteiger partial charge in [0.15, 0.2) is 0 Å². The molecule has 33 heavy (non-hydrogen) atoms. The Kier molecular flexibility index (Phi) is 8.19. The van der Waals surface area contributed by atoms with Crippen LogP contribution in [-0.4, -0.2) is 47.6 Å². The predicted molar refractivity (Wildman–Crippen MR) is 126 cm³/mol. The van der Waals surface area contributed by atoms with Gasteiger partial charge in [0.2, 0.25) is 0 Å². The highest BCUT2D eigenvalue weighted by Gasteiger charge is 2.26. The molecule has 1 heterocycles. The van der Waals surface area contributed by atoms with Gasteiger partial charge in [-0.05, 0) is 17.2 Å². The van der Waals surface area contributed by atoms with Gasteiger partial charge in [-0.2, -0.15) is 0 Å². The Labute approximate surface area is 194 Å². The lowest BCUT2D eigenvalue weighted by Crippen LogP contribution is -2.39. The number of aliphatic hydroxyl groups is 1. The summed E-state index contributed by atoms with van der Waals surface area (Å²) in [4.78, 5) is 7.68. The number of oxime groups is 1. The third-order valence-electron chi connectivity index (χ3n) is 5.54. The number of hydrogen-bond donors (Lipinski definition) is 1. The van der Waals surface area contributed by atoms with Crippen molar-refractivity contribution < 1.29 is 19.1 Å². The SMILES string of the molecule is O[C@@H](COCc1ccccc1)CN(Cc1ccccc1F)C[C@H]1CC(c2ccccc2)=NO1. The summed E-state index contributed by atoms with van der Waals surface area (Å²) in [6, 6.07) is 26.5. The van der Waals surface area contributed by atoms with Crippen molar-refractivity contribution in [2.75, 3.05) is 19.7 Å². The minimum atomic E-state index is -0.712. The van der Waals surface area contributed by atoms with E-state index in [1.165, 1.54) is 6.07 Å². The van der Waals surface area contributed by atoms with Crippen molar-refractivity contribution in [3.05, 3.63) is 107 Å². The van der Waals surface area contributed by atoms with Crippen molar-refractivity contribution in [1.82, 2.24) is 4.90 Å². The molecule has 0 radical (unpaired) electrons. The van der Waals surface area contributed by atoms with Crippen LogP contribution in [-0.2, 0) is 22.7 Å². The van der Waals surface area contributed by atoms with E-state index in [9.17, 15) is 9.50 Å². The number of aliphatic hydroxyl groups excluding tert-OH is 1. The molecule has 1 N–H and O–H groups in total. The molecule has 0 bridgehead atoms. The number of benzene rings is 3. The van der Waals surface area contributed by atoms with E-state index in [1.807, 2.05) is 71.6 Å². The zero-order chi connectivity index (χ0) is 22.9. The van der Waals surface area contributed by atoms with Crippen molar-refractivity contribution >= 4 is 5.71 Å². The third kappa shape index (κ3) is 6.96. The van der Waals surface area contributed by atoms with Crippen molar-refractivity contribution in [2.24, 2.45) is 5.16 Å². The Hall–Kier alpha value is -3.06. The first-order valence-electron chi connectivity index (χ1n) is 11.2. The van der Waals surface area contributed by atoms with Gasteiger partial charge in [-0.15, -0.1) is 0 Å². The second-order valence-electron chi connectivity index (χ2n) is 8.28. The first-order valence-corrected chi connectivity index (χ1v) is 11.2. The molecule has 172 valence electrons. The molecule has 0 amide bonds. The quantitative estimate of drug-likeness (QED) is 0.473. The van der Waals surface area contributed by atoms with E-state index < -0.39 is 6.10 Å². The van der Waals surface area contributed by atoms with E-state index in [1.54, 1.807) is 12.1 Å². The first-order chi connectivity index (χ1) is 16.2. The number of hydrogen-bond acceptors (Lipinski definition) is 5. The third-order valence-corrected chi connectivity index (χ3v) is 5.54. The molecule has 5 nitrogen and oxygen atoms in total. The maximum atomic E-state index is 14.3. The van der Waals surface area contributed by atoms with Gasteiger partial charge < -0.3 is 14.7 Å². The van der Waals surface area contributed by atoms with Crippen molar-refractivity contribution in [2.45, 2.75) is 31.8 Å². The van der Waals surface area contributed by atoms with Gasteiger partial charge >= 0.3 is 0 Å². The Balaban J connectivity index is 1.34. The zero-order valence-corrected chi connectivity index (χ0v) is 18.5. The summed E-state index contributed by atoms with van der Waals surface area (Å²) in [5.74, 6) is -0.258. The fourth-order valence-corrected chi connectivity index (χ4v) is 3.92. The van der Waals surface area contributed by atoms with Crippen molar-refractivity contribution in [1.29, 1.82) is 0 Å². The van der Waals surface area contributed by atoms with E-state index >= 15 is 0 Å². The molecule has 1 aliphatic heterocycles. The molecule has 0 fully saturated rings. The first kappa shape index (κ1) is 23.1. The fraction of sp³-hybridized carbons (Fsp3) is 0.296. The van der Waals surface area contributed by atoms with Crippen LogP contribution in [0.1, 0.15) is 23.1 Å². The molecule has 6 heteroatoms. The van der Waals surface area contributed by atoms with Gasteiger partial charge in [0, 0.05) is 31.6 Å². The van der Waals surface area contributed by atoms with Crippen LogP contribution in [0.3, 0.4) is 0 Å². The molecule has 2 atom stereocenters. The second kappa shape index (κ2) is 11.7. The molecular weight excluding hydrogens is 419 g/mol. The van der Waals surface area contributed by atoms with Gasteiger partial charge in [-0.25, -0.2) is 4.39 Å². The van der Waals surface area contributed by atoms with Crippen LogP contribution in [0.2, 0.25) is 0 Å². The molecule has 0 aliphatic carbocycles. The topological polar surface area (TPSA) is 54.3 Å². The maximum Gasteiger partial charge on any atom is 0.145 e. The lowest BCUT2D eigenvalue weighted by Gasteiger charge is -2.27. The summed E-state index contributed by atoms with van der Waals surface area (Å²) < 4.78 is 20.0. The van der Waals surface area contributed by atoms with E-state index in [4.69, 9.17) is 9.57 Å². The van der Waals surface area contributed by atoms with Crippen LogP contribution in [0.25, 0.3) is 0 Å². The number of halogens is 1. The van der Waals surface area contributed by atoms with Gasteiger partial charge in [-0.3, -0.25) is 4.90 Å². The predicted octanol–water partition coefficient (Wildman–Crippen LogP) is 4.40. The van der Waals surface area contributed by atoms with Gasteiger partial charge in [0.25, 0.3) is 0 Å². The van der Waals surface area contributed by atoms with Crippen LogP contribution in [0.4, 0.5) is 4.39 Å². The van der Waals surface area contributed by atoms with E-state index in [-0.39, 0.29) is 18.5 Å². The normalized spacial score (nSPS) is 16.5. The molecule has 0 spiro atoms. The van der Waals surface area contributed by atoms with Crippen LogP contribution < -0.4 is 0 Å². The van der Waals surface area contributed by atoms with Crippen LogP contribution in [0.5, 0.6) is 0 Å². The standard InChI is InChI=1S/C27H29FN2O3/c28-26-14-8-7-13-23(26)16-30(17-24(31)20-32-19-21-9-3-1-4-10-21)18-25-15-27(29-33-25)22-11-5-2-6-12-22/h1-14,24-25,31H,15-20H2/t24-,25-/m1/s1. The minimum Gasteiger partial charge on any atom is -0.390 e. The summed E-state index contributed by atoms with van der Waals surface area (Å²) in [7, 11) is 0. The van der Waals surface area contributed by atoms with E-state index in [0.717, 1.165) is 16.8 Å². The Morgan fingerprint density at radius 1 is 1.00 bits per heavy atom. The maximum absolute atomic E-state index is 14.3. The molecule has 1 aliphatic rings. The monoisotopic (exact) mass is 448 g/mol. The van der Waals surface area contributed by atoms with E-state index in [2.05, 4.69) is 5.16 Å². The largest absolute Gasteiger partial charge is 0.390 e. The summed E-state index contributed by atoms with van der Waals surface area (Å²) in [5.41, 5.74) is 3.57. The van der Waals surface area contributed by atoms with Crippen LogP contribution >= 0.6 is 0 Å². The van der Waals surface area contributed by atoms with Gasteiger partial charge in [-0.1, -0.05) is 84.0 Å². The van der Waals surface area contributed by atoms with Gasteiger partial charge in [0.05, 0.1) is 25.0 Å². The molecule has 3 aromatic rings. The minimum absolute atomic E-state index is 0.163. The molecular formula is C27H29FN2O3. The van der Waals surface area contributed by atoms with Crippen molar-refractivity contribution in [3.8, 4) is 0 Å². The average Bonchev–Trinajstić information content (AvgIpc) is 3.30. The van der Waals surface area contributed by atoms with Crippen LogP contribution in [0.15, 0.2) is 90.1 Å². The molecule has 0 saturated heterocycles. The summed E-state index contributed by atoms with van der Waals surface area (Å²) >= 11 is 0. The zero-order valence-electron chi connectivity index (χ0n) is 18.5. The lowest BCUT2D eigenvalue weighted by atomic mass is 10.0. The molecule has 4 rings (SSSR count). The number of rotatable bonds is 11. The Bertz CT molecular complexity index is 1030.